The molecule has 7 heteroatoms. The molecule has 0 unspecified atom stereocenters. The van der Waals surface area contributed by atoms with Crippen molar-refractivity contribution in [2.24, 2.45) is 16.7 Å². The van der Waals surface area contributed by atoms with Gasteiger partial charge in [0.1, 0.15) is 12.1 Å². The van der Waals surface area contributed by atoms with Crippen molar-refractivity contribution in [3.63, 3.8) is 0 Å². The van der Waals surface area contributed by atoms with Gasteiger partial charge in [0.05, 0.1) is 14.9 Å². The zero-order chi connectivity index (χ0) is 38.2. The fraction of sp³-hybridized carbons (Fsp3) is 0.457. The average Bonchev–Trinajstić information content (AvgIpc) is 3.66. The molecule has 0 fully saturated rings. The van der Waals surface area contributed by atoms with Crippen molar-refractivity contribution in [3.8, 4) is 11.3 Å². The third-order valence-corrected chi connectivity index (χ3v) is 14.2. The van der Waals surface area contributed by atoms with Gasteiger partial charge >= 0.3 is 0 Å². The Balaban J connectivity index is 0.000000299. The second-order valence-electron chi connectivity index (χ2n) is 16.4. The fourth-order valence-electron chi connectivity index (χ4n) is 6.78. The Kier molecular flexibility index (Phi) is 13.6. The number of aromatic nitrogens is 2. The molecule has 53 heavy (non-hydrogen) atoms. The first-order valence-corrected chi connectivity index (χ1v) is 20.6. The van der Waals surface area contributed by atoms with Crippen LogP contribution in [0.3, 0.4) is 0 Å². The van der Waals surface area contributed by atoms with E-state index < -0.39 is 0 Å². The van der Waals surface area contributed by atoms with Crippen LogP contribution in [0, 0.1) is 29.7 Å². The molecule has 0 saturated heterocycles. The van der Waals surface area contributed by atoms with Crippen LogP contribution in [0.15, 0.2) is 60.6 Å². The third kappa shape index (κ3) is 8.49. The van der Waals surface area contributed by atoms with E-state index in [4.69, 9.17) is 9.97 Å². The van der Waals surface area contributed by atoms with Gasteiger partial charge in [-0.25, -0.2) is 4.98 Å². The summed E-state index contributed by atoms with van der Waals surface area (Å²) < 4.78 is 3.87. The minimum atomic E-state index is -0.337. The van der Waals surface area contributed by atoms with E-state index in [1.165, 1.54) is 47.6 Å². The molecule has 6 aromatic rings. The summed E-state index contributed by atoms with van der Waals surface area (Å²) in [5, 5.41) is 15.1. The summed E-state index contributed by atoms with van der Waals surface area (Å²) in [6, 6.07) is 19.1. The molecule has 1 radical (unpaired) electrons. The van der Waals surface area contributed by atoms with Gasteiger partial charge in [-0.1, -0.05) is 117 Å². The van der Waals surface area contributed by atoms with Gasteiger partial charge < -0.3 is 5.11 Å². The zero-order valence-corrected chi connectivity index (χ0v) is 37.7. The molecule has 3 aromatic carbocycles. The Morgan fingerprint density at radius 1 is 0.830 bits per heavy atom. The molecule has 285 valence electrons. The quantitative estimate of drug-likeness (QED) is 0.0845. The molecular weight excluding hydrogens is 869 g/mol. The number of carbonyl (C=O) groups excluding carboxylic acids is 1. The number of hydrogen-bond acceptors (Lipinski definition) is 6. The van der Waals surface area contributed by atoms with E-state index in [9.17, 15) is 9.90 Å². The molecule has 0 aliphatic rings. The molecule has 0 amide bonds. The summed E-state index contributed by atoms with van der Waals surface area (Å²) in [4.78, 5) is 23.3. The first kappa shape index (κ1) is 42.8. The Hall–Kier alpha value is -2.96. The van der Waals surface area contributed by atoms with Crippen LogP contribution in [0.4, 0.5) is 0 Å². The molecule has 6 rings (SSSR count). The largest absolute Gasteiger partial charge is 0.512 e. The summed E-state index contributed by atoms with van der Waals surface area (Å²) in [6.07, 6.45) is 7.60. The van der Waals surface area contributed by atoms with E-state index in [1.807, 2.05) is 64.2 Å². The number of allylic oxidation sites excluding steroid dienone is 2. The van der Waals surface area contributed by atoms with Crippen LogP contribution < -0.4 is 0 Å². The molecule has 3 aromatic heterocycles. The zero-order valence-electron chi connectivity index (χ0n) is 33.7. The monoisotopic (exact) mass is 926 g/mol. The molecule has 0 spiro atoms. The van der Waals surface area contributed by atoms with Gasteiger partial charge in [-0.2, -0.15) is 0 Å². The first-order valence-electron chi connectivity index (χ1n) is 19.0. The normalized spacial score (nSPS) is 12.8. The molecule has 3 heterocycles. The van der Waals surface area contributed by atoms with Crippen LogP contribution in [0.2, 0.25) is 0 Å². The number of thiophene rings is 2. The standard InChI is InChI=1S/C31H29N2S2.C15H28O2.Ir/c1-17(2)13-25-18(3)21-11-12-23-27-30(35-29(23)28(21)34-25)26(32-16-33-27)20-14-19-9-7-8-10-22(19)24(15-20)31(4,5)6;1-7-14(5,8-2)12(16)11-13(17)15(6,9-3)10-4;/h7-12,15-17H,13H2,1-6H3;11,16H,7-10H2,1-6H3;/q-1;;/b;12-11-;. The number of aryl methyl sites for hydroxylation is 1. The van der Waals surface area contributed by atoms with Crippen LogP contribution in [-0.4, -0.2) is 20.9 Å². The predicted octanol–water partition coefficient (Wildman–Crippen LogP) is 14.1. The summed E-state index contributed by atoms with van der Waals surface area (Å²) in [5.41, 5.74) is 5.25. The van der Waals surface area contributed by atoms with Crippen molar-refractivity contribution < 1.29 is 30.0 Å². The maximum Gasteiger partial charge on any atom is 0.164 e. The molecule has 0 aliphatic carbocycles. The SMILES string of the molecule is CCC(C)(CC)C(=O)/C=C(\O)C(C)(CC)CC.Cc1c(CC(C)C)sc2c1ccc1c3ncnc(-c4[c-]c5ccccc5c(C(C)(C)C)c4)c3sc12.[Ir]. The Morgan fingerprint density at radius 3 is 2.04 bits per heavy atom. The number of aliphatic hydroxyl groups is 1. The predicted molar refractivity (Wildman–Crippen MR) is 227 cm³/mol. The van der Waals surface area contributed by atoms with E-state index >= 15 is 0 Å². The van der Waals surface area contributed by atoms with Crippen LogP contribution in [0.1, 0.15) is 118 Å². The number of hydrogen-bond donors (Lipinski definition) is 1. The molecule has 0 bridgehead atoms. The topological polar surface area (TPSA) is 63.1 Å². The Labute approximate surface area is 338 Å². The molecule has 1 N–H and O–H groups in total. The number of ketones is 1. The van der Waals surface area contributed by atoms with Crippen molar-refractivity contribution >= 4 is 69.6 Å². The third-order valence-electron chi connectivity index (χ3n) is 11.5. The van der Waals surface area contributed by atoms with Crippen molar-refractivity contribution in [3.05, 3.63) is 82.7 Å². The van der Waals surface area contributed by atoms with Crippen LogP contribution >= 0.6 is 22.7 Å². The number of benzene rings is 3. The smallest absolute Gasteiger partial charge is 0.164 e. The maximum absolute atomic E-state index is 12.2. The van der Waals surface area contributed by atoms with Gasteiger partial charge in [-0.3, -0.25) is 9.78 Å². The Morgan fingerprint density at radius 2 is 1.43 bits per heavy atom. The van der Waals surface area contributed by atoms with Gasteiger partial charge in [-0.15, -0.1) is 51.8 Å². The van der Waals surface area contributed by atoms with Crippen molar-refractivity contribution in [2.45, 2.75) is 121 Å². The van der Waals surface area contributed by atoms with E-state index in [1.54, 1.807) is 6.33 Å². The number of aliphatic hydroxyl groups excluding tert-OH is 1. The summed E-state index contributed by atoms with van der Waals surface area (Å²) >= 11 is 3.80. The minimum Gasteiger partial charge on any atom is -0.512 e. The molecule has 0 aliphatic heterocycles. The van der Waals surface area contributed by atoms with Crippen LogP contribution in [-0.2, 0) is 36.7 Å². The van der Waals surface area contributed by atoms with Gasteiger partial charge in [-0.05, 0) is 61.3 Å². The average molecular weight is 926 g/mol. The molecular formula is C46H57IrN2O2S2-. The van der Waals surface area contributed by atoms with E-state index in [2.05, 4.69) is 90.1 Å². The van der Waals surface area contributed by atoms with Gasteiger partial charge in [0.2, 0.25) is 0 Å². The van der Waals surface area contributed by atoms with E-state index in [0.29, 0.717) is 5.92 Å². The molecule has 0 saturated carbocycles. The maximum atomic E-state index is 12.2. The number of rotatable bonds is 10. The van der Waals surface area contributed by atoms with Crippen molar-refractivity contribution in [2.75, 3.05) is 0 Å². The minimum absolute atomic E-state index is 0. The van der Waals surface area contributed by atoms with Gasteiger partial charge in [0.15, 0.2) is 5.78 Å². The molecule has 4 nitrogen and oxygen atoms in total. The van der Waals surface area contributed by atoms with Crippen LogP contribution in [0.25, 0.3) is 52.4 Å². The second kappa shape index (κ2) is 16.8. The van der Waals surface area contributed by atoms with E-state index in [0.717, 1.165) is 59.0 Å². The second-order valence-corrected chi connectivity index (χ2v) is 18.5. The molecule has 0 atom stereocenters. The number of fused-ring (bicyclic) bond motifs is 6. The van der Waals surface area contributed by atoms with E-state index in [-0.39, 0.29) is 47.9 Å². The van der Waals surface area contributed by atoms with Crippen molar-refractivity contribution in [1.29, 1.82) is 0 Å². The first-order chi connectivity index (χ1) is 24.5. The summed E-state index contributed by atoms with van der Waals surface area (Å²) in [5.74, 6) is 0.936. The Bertz CT molecular complexity index is 2260. The van der Waals surface area contributed by atoms with Gasteiger partial charge in [0.25, 0.3) is 0 Å². The van der Waals surface area contributed by atoms with Crippen LogP contribution in [0.5, 0.6) is 0 Å². The fourth-order valence-corrected chi connectivity index (χ4v) is 9.69. The van der Waals surface area contributed by atoms with Crippen molar-refractivity contribution in [1.82, 2.24) is 9.97 Å². The van der Waals surface area contributed by atoms with Gasteiger partial charge in [0, 0.05) is 57.7 Å². The number of carbonyl (C=O) groups is 1. The summed E-state index contributed by atoms with van der Waals surface area (Å²) in [7, 11) is 0. The summed E-state index contributed by atoms with van der Waals surface area (Å²) in [6.45, 7) is 25.8. The number of nitrogens with zero attached hydrogens (tertiary/aromatic N) is 2.